The number of thioether (sulfide) groups is 1. The molecule has 0 unspecified atom stereocenters. The quantitative estimate of drug-likeness (QED) is 0.710. The lowest BCUT2D eigenvalue weighted by Crippen LogP contribution is -2.26. The van der Waals surface area contributed by atoms with E-state index in [4.69, 9.17) is 0 Å². The molecule has 0 aliphatic heterocycles. The summed E-state index contributed by atoms with van der Waals surface area (Å²) in [5, 5.41) is 6.16. The Morgan fingerprint density at radius 2 is 2.28 bits per heavy atom. The number of carbonyl (C=O) groups excluding carboxylic acids is 1. The third-order valence-electron chi connectivity index (χ3n) is 2.44. The van der Waals surface area contributed by atoms with Gasteiger partial charge in [-0.25, -0.2) is 0 Å². The Hall–Kier alpha value is -1.23. The summed E-state index contributed by atoms with van der Waals surface area (Å²) in [6.45, 7) is 3.66. The van der Waals surface area contributed by atoms with Crippen LogP contribution >= 0.6 is 11.8 Å². The van der Waals surface area contributed by atoms with Crippen molar-refractivity contribution in [2.45, 2.75) is 19.8 Å². The molecule has 4 nitrogen and oxygen atoms in total. The number of hydrogen-bond acceptors (Lipinski definition) is 4. The van der Waals surface area contributed by atoms with Crippen molar-refractivity contribution < 1.29 is 4.79 Å². The standard InChI is InChI=1S/C13H21N3OS/c1-3-6-15-12-5-8-14-10-11(12)13(17)16-7-4-9-18-2/h5,8,10H,3-4,6-7,9H2,1-2H3,(H,14,15)(H,16,17). The molecule has 1 amide bonds. The molecule has 1 heterocycles. The van der Waals surface area contributed by atoms with E-state index in [2.05, 4.69) is 28.8 Å². The normalized spacial score (nSPS) is 10.1. The molecular weight excluding hydrogens is 246 g/mol. The van der Waals surface area contributed by atoms with Crippen molar-refractivity contribution in [3.8, 4) is 0 Å². The van der Waals surface area contributed by atoms with Crippen molar-refractivity contribution in [1.29, 1.82) is 0 Å². The SMILES string of the molecule is CCCNc1ccncc1C(=O)NCCCSC. The number of nitrogens with zero attached hydrogens (tertiary/aromatic N) is 1. The lowest BCUT2D eigenvalue weighted by molar-refractivity contribution is 0.0954. The number of pyridine rings is 1. The van der Waals surface area contributed by atoms with Crippen LogP contribution in [0.15, 0.2) is 18.5 Å². The van der Waals surface area contributed by atoms with E-state index in [-0.39, 0.29) is 5.91 Å². The molecule has 0 aromatic carbocycles. The molecular formula is C13H21N3OS. The zero-order valence-corrected chi connectivity index (χ0v) is 11.8. The van der Waals surface area contributed by atoms with Crippen LogP contribution in [0.1, 0.15) is 30.1 Å². The molecule has 0 aliphatic rings. The van der Waals surface area contributed by atoms with E-state index in [0.717, 1.165) is 30.8 Å². The summed E-state index contributed by atoms with van der Waals surface area (Å²) in [6.07, 6.45) is 7.39. The molecule has 100 valence electrons. The van der Waals surface area contributed by atoms with Gasteiger partial charge >= 0.3 is 0 Å². The van der Waals surface area contributed by atoms with Gasteiger partial charge in [-0.15, -0.1) is 0 Å². The fourth-order valence-corrected chi connectivity index (χ4v) is 1.94. The predicted molar refractivity (Wildman–Crippen MR) is 78.3 cm³/mol. The van der Waals surface area contributed by atoms with E-state index < -0.39 is 0 Å². The maximum absolute atomic E-state index is 12.0. The molecule has 18 heavy (non-hydrogen) atoms. The summed E-state index contributed by atoms with van der Waals surface area (Å²) in [6, 6.07) is 1.84. The minimum absolute atomic E-state index is 0.0530. The number of aromatic nitrogens is 1. The number of amides is 1. The smallest absolute Gasteiger partial charge is 0.254 e. The first-order chi connectivity index (χ1) is 8.79. The average molecular weight is 267 g/mol. The Balaban J connectivity index is 2.55. The van der Waals surface area contributed by atoms with Gasteiger partial charge in [-0.2, -0.15) is 11.8 Å². The molecule has 0 bridgehead atoms. The van der Waals surface area contributed by atoms with Gasteiger partial charge in [-0.1, -0.05) is 6.92 Å². The van der Waals surface area contributed by atoms with Crippen LogP contribution in [0.3, 0.4) is 0 Å². The van der Waals surface area contributed by atoms with Crippen LogP contribution in [-0.4, -0.2) is 36.0 Å². The van der Waals surface area contributed by atoms with E-state index >= 15 is 0 Å². The second-order valence-electron chi connectivity index (χ2n) is 3.95. The fourth-order valence-electron chi connectivity index (χ4n) is 1.50. The van der Waals surface area contributed by atoms with E-state index in [1.807, 2.05) is 6.07 Å². The van der Waals surface area contributed by atoms with Crippen molar-refractivity contribution in [3.63, 3.8) is 0 Å². The lowest BCUT2D eigenvalue weighted by Gasteiger charge is -2.10. The number of anilines is 1. The number of nitrogens with one attached hydrogen (secondary N) is 2. The van der Waals surface area contributed by atoms with Crippen LogP contribution in [0.2, 0.25) is 0 Å². The van der Waals surface area contributed by atoms with Crippen LogP contribution in [-0.2, 0) is 0 Å². The van der Waals surface area contributed by atoms with E-state index in [0.29, 0.717) is 12.1 Å². The zero-order valence-electron chi connectivity index (χ0n) is 11.0. The molecule has 1 rings (SSSR count). The first kappa shape index (κ1) is 14.8. The van der Waals surface area contributed by atoms with Gasteiger partial charge in [-0.3, -0.25) is 9.78 Å². The van der Waals surface area contributed by atoms with Crippen LogP contribution in [0.4, 0.5) is 5.69 Å². The van der Waals surface area contributed by atoms with E-state index in [9.17, 15) is 4.79 Å². The summed E-state index contributed by atoms with van der Waals surface area (Å²) in [7, 11) is 0. The van der Waals surface area contributed by atoms with Crippen LogP contribution in [0.5, 0.6) is 0 Å². The van der Waals surface area contributed by atoms with Gasteiger partial charge in [0, 0.05) is 25.5 Å². The first-order valence-corrected chi connectivity index (χ1v) is 7.64. The second kappa shape index (κ2) is 8.80. The van der Waals surface area contributed by atoms with Crippen LogP contribution < -0.4 is 10.6 Å². The highest BCUT2D eigenvalue weighted by Crippen LogP contribution is 2.13. The molecule has 0 fully saturated rings. The maximum atomic E-state index is 12.0. The highest BCUT2D eigenvalue weighted by Gasteiger charge is 2.10. The fraction of sp³-hybridized carbons (Fsp3) is 0.538. The molecule has 1 aromatic rings. The summed E-state index contributed by atoms with van der Waals surface area (Å²) >= 11 is 1.79. The number of carbonyl (C=O) groups is 1. The van der Waals surface area contributed by atoms with Gasteiger partial charge in [0.2, 0.25) is 0 Å². The first-order valence-electron chi connectivity index (χ1n) is 6.24. The Kier molecular flexibility index (Phi) is 7.25. The Bertz CT molecular complexity index is 371. The van der Waals surface area contributed by atoms with Crippen LogP contribution in [0, 0.1) is 0 Å². The molecule has 5 heteroatoms. The van der Waals surface area contributed by atoms with Crippen LogP contribution in [0.25, 0.3) is 0 Å². The van der Waals surface area contributed by atoms with E-state index in [1.165, 1.54) is 0 Å². The molecule has 2 N–H and O–H groups in total. The number of hydrogen-bond donors (Lipinski definition) is 2. The monoisotopic (exact) mass is 267 g/mol. The molecule has 0 saturated heterocycles. The molecule has 0 radical (unpaired) electrons. The van der Waals surface area contributed by atoms with Crippen molar-refractivity contribution >= 4 is 23.4 Å². The second-order valence-corrected chi connectivity index (χ2v) is 4.94. The third kappa shape index (κ3) is 4.96. The highest BCUT2D eigenvalue weighted by atomic mass is 32.2. The largest absolute Gasteiger partial charge is 0.384 e. The molecule has 0 saturated carbocycles. The summed E-state index contributed by atoms with van der Waals surface area (Å²) in [5.41, 5.74) is 1.48. The van der Waals surface area contributed by atoms with Crippen molar-refractivity contribution in [2.75, 3.05) is 30.4 Å². The number of rotatable bonds is 8. The van der Waals surface area contributed by atoms with E-state index in [1.54, 1.807) is 24.2 Å². The van der Waals surface area contributed by atoms with Gasteiger partial charge in [0.15, 0.2) is 0 Å². The Morgan fingerprint density at radius 3 is 3.00 bits per heavy atom. The summed E-state index contributed by atoms with van der Waals surface area (Å²) in [5.74, 6) is 1.01. The topological polar surface area (TPSA) is 54.0 Å². The maximum Gasteiger partial charge on any atom is 0.254 e. The summed E-state index contributed by atoms with van der Waals surface area (Å²) in [4.78, 5) is 16.0. The van der Waals surface area contributed by atoms with Crippen molar-refractivity contribution in [1.82, 2.24) is 10.3 Å². The van der Waals surface area contributed by atoms with Crippen molar-refractivity contribution in [2.24, 2.45) is 0 Å². The minimum atomic E-state index is -0.0530. The molecule has 1 aromatic heterocycles. The molecule has 0 atom stereocenters. The molecule has 0 spiro atoms. The van der Waals surface area contributed by atoms with Crippen molar-refractivity contribution in [3.05, 3.63) is 24.0 Å². The van der Waals surface area contributed by atoms with Gasteiger partial charge in [0.1, 0.15) is 0 Å². The van der Waals surface area contributed by atoms with Gasteiger partial charge in [0.05, 0.1) is 11.3 Å². The zero-order chi connectivity index (χ0) is 13.2. The molecule has 0 aliphatic carbocycles. The highest BCUT2D eigenvalue weighted by molar-refractivity contribution is 7.98. The Labute approximate surface area is 113 Å². The van der Waals surface area contributed by atoms with Gasteiger partial charge < -0.3 is 10.6 Å². The van der Waals surface area contributed by atoms with Gasteiger partial charge in [-0.05, 0) is 30.9 Å². The lowest BCUT2D eigenvalue weighted by atomic mass is 10.2. The minimum Gasteiger partial charge on any atom is -0.384 e. The summed E-state index contributed by atoms with van der Waals surface area (Å²) < 4.78 is 0. The average Bonchev–Trinajstić information content (AvgIpc) is 2.41. The third-order valence-corrected chi connectivity index (χ3v) is 3.14. The Morgan fingerprint density at radius 1 is 1.44 bits per heavy atom. The predicted octanol–water partition coefficient (Wildman–Crippen LogP) is 2.39. The van der Waals surface area contributed by atoms with Gasteiger partial charge in [0.25, 0.3) is 5.91 Å².